The highest BCUT2D eigenvalue weighted by Crippen LogP contribution is 2.36. The molecule has 31 heavy (non-hydrogen) atoms. The molecule has 4 N–H and O–H groups in total. The summed E-state index contributed by atoms with van der Waals surface area (Å²) in [4.78, 5) is 23.5. The molecule has 0 saturated carbocycles. The van der Waals surface area contributed by atoms with E-state index >= 15 is 0 Å². The Balaban J connectivity index is 1.63. The second-order valence-corrected chi connectivity index (χ2v) is 8.49. The molecule has 4 rings (SSSR count). The molecule has 3 heterocycles. The molecule has 164 valence electrons. The van der Waals surface area contributed by atoms with E-state index in [0.29, 0.717) is 51.0 Å². The van der Waals surface area contributed by atoms with Gasteiger partial charge in [-0.25, -0.2) is 14.4 Å². The molecule has 1 aliphatic rings. The van der Waals surface area contributed by atoms with Crippen LogP contribution >= 0.6 is 11.3 Å². The van der Waals surface area contributed by atoms with Crippen LogP contribution in [-0.2, 0) is 0 Å². The predicted molar refractivity (Wildman–Crippen MR) is 118 cm³/mol. The van der Waals surface area contributed by atoms with Gasteiger partial charge in [-0.1, -0.05) is 0 Å². The van der Waals surface area contributed by atoms with Crippen LogP contribution in [0.4, 0.5) is 15.9 Å². The molecule has 1 atom stereocenters. The average molecular weight is 446 g/mol. The lowest BCUT2D eigenvalue weighted by Crippen LogP contribution is -2.42. The van der Waals surface area contributed by atoms with Crippen LogP contribution in [0.15, 0.2) is 24.5 Å². The summed E-state index contributed by atoms with van der Waals surface area (Å²) in [6.07, 6.45) is 3.08. The van der Waals surface area contributed by atoms with E-state index in [1.807, 2.05) is 0 Å². The van der Waals surface area contributed by atoms with Crippen LogP contribution in [-0.4, -0.2) is 58.2 Å². The zero-order valence-electron chi connectivity index (χ0n) is 17.1. The second kappa shape index (κ2) is 9.13. The number of aliphatic hydroxyl groups excluding tert-OH is 1. The molecule has 1 aromatic carbocycles. The Morgan fingerprint density at radius 2 is 2.29 bits per heavy atom. The highest BCUT2D eigenvalue weighted by molar-refractivity contribution is 7.20. The van der Waals surface area contributed by atoms with Crippen LogP contribution in [0.3, 0.4) is 0 Å². The monoisotopic (exact) mass is 445 g/mol. The Bertz CT molecular complexity index is 1100. The number of hydrogen-bond donors (Lipinski definition) is 3. The minimum Gasteiger partial charge on any atom is -0.487 e. The van der Waals surface area contributed by atoms with Crippen LogP contribution in [0.5, 0.6) is 5.75 Å². The molecule has 1 aliphatic heterocycles. The summed E-state index contributed by atoms with van der Waals surface area (Å²) in [5.74, 6) is -0.0417. The van der Waals surface area contributed by atoms with Crippen molar-refractivity contribution >= 4 is 39.0 Å². The fraction of sp³-hybridized carbons (Fsp3) is 0.381. The zero-order chi connectivity index (χ0) is 22.0. The van der Waals surface area contributed by atoms with E-state index in [4.69, 9.17) is 10.5 Å². The number of piperidine rings is 1. The Kier molecular flexibility index (Phi) is 6.30. The van der Waals surface area contributed by atoms with Gasteiger partial charge in [-0.3, -0.25) is 9.69 Å². The van der Waals surface area contributed by atoms with Crippen LogP contribution < -0.4 is 15.8 Å². The molecule has 0 spiro atoms. The summed E-state index contributed by atoms with van der Waals surface area (Å²) < 4.78 is 20.2. The molecule has 1 saturated heterocycles. The van der Waals surface area contributed by atoms with Gasteiger partial charge in [-0.15, -0.1) is 11.3 Å². The number of benzene rings is 1. The maximum Gasteiger partial charge on any atom is 0.259 e. The lowest BCUT2D eigenvalue weighted by Gasteiger charge is -2.32. The van der Waals surface area contributed by atoms with Crippen LogP contribution in [0.2, 0.25) is 0 Å². The number of thiophene rings is 1. The number of nitrogens with zero attached hydrogens (tertiary/aromatic N) is 3. The molecule has 1 fully saturated rings. The van der Waals surface area contributed by atoms with Crippen LogP contribution in [0, 0.1) is 12.7 Å². The molecule has 0 aliphatic carbocycles. The molecule has 0 bridgehead atoms. The van der Waals surface area contributed by atoms with Crippen molar-refractivity contribution < 1.29 is 19.0 Å². The van der Waals surface area contributed by atoms with Crippen molar-refractivity contribution in [3.05, 3.63) is 40.8 Å². The minimum absolute atomic E-state index is 0.0937. The maximum atomic E-state index is 14.0. The molecular formula is C21H24FN5O3S. The van der Waals surface area contributed by atoms with Crippen molar-refractivity contribution in [3.8, 4) is 5.75 Å². The number of hydrogen-bond acceptors (Lipinski definition) is 8. The molecule has 2 aromatic heterocycles. The third kappa shape index (κ3) is 4.60. The number of halogens is 1. The lowest BCUT2D eigenvalue weighted by molar-refractivity contribution is 0.0770. The van der Waals surface area contributed by atoms with Gasteiger partial charge < -0.3 is 20.9 Å². The quantitative estimate of drug-likeness (QED) is 0.512. The topological polar surface area (TPSA) is 114 Å². The van der Waals surface area contributed by atoms with Crippen molar-refractivity contribution in [1.82, 2.24) is 14.9 Å². The van der Waals surface area contributed by atoms with Crippen LogP contribution in [0.25, 0.3) is 10.2 Å². The zero-order valence-corrected chi connectivity index (χ0v) is 17.9. The number of aromatic nitrogens is 2. The minimum atomic E-state index is -0.512. The summed E-state index contributed by atoms with van der Waals surface area (Å²) in [5.41, 5.74) is 6.74. The van der Waals surface area contributed by atoms with E-state index < -0.39 is 11.7 Å². The first-order chi connectivity index (χ1) is 15.0. The number of amides is 1. The van der Waals surface area contributed by atoms with Crippen molar-refractivity contribution in [2.75, 3.05) is 31.6 Å². The number of aryl methyl sites for hydroxylation is 1. The molecule has 0 radical (unpaired) electrons. The number of rotatable bonds is 7. The first-order valence-corrected chi connectivity index (χ1v) is 10.9. The summed E-state index contributed by atoms with van der Waals surface area (Å²) >= 11 is 1.21. The van der Waals surface area contributed by atoms with Gasteiger partial charge in [-0.2, -0.15) is 0 Å². The van der Waals surface area contributed by atoms with E-state index in [0.717, 1.165) is 19.4 Å². The number of likely N-dealkylation sites (tertiary alicyclic amines) is 1. The molecule has 3 aromatic rings. The highest BCUT2D eigenvalue weighted by Gasteiger charge is 2.23. The number of nitrogens with one attached hydrogen (secondary N) is 1. The SMILES string of the molecule is Cc1c(C(N)=O)sc2ncnc(Nc3ccc(F)cc3OC3CCCN(CCO)C3)c12. The molecule has 1 amide bonds. The number of primary amides is 1. The van der Waals surface area contributed by atoms with Gasteiger partial charge in [0.15, 0.2) is 0 Å². The van der Waals surface area contributed by atoms with Crippen molar-refractivity contribution in [1.29, 1.82) is 0 Å². The van der Waals surface area contributed by atoms with E-state index in [1.165, 1.54) is 29.8 Å². The van der Waals surface area contributed by atoms with Crippen molar-refractivity contribution in [2.24, 2.45) is 5.73 Å². The van der Waals surface area contributed by atoms with E-state index in [2.05, 4.69) is 20.2 Å². The standard InChI is InChI=1S/C21H24FN5O3S/c1-12-17-20(24-11-25-21(17)31-18(12)19(23)29)26-15-5-4-13(22)9-16(15)30-14-3-2-6-27(10-14)7-8-28/h4-5,9,11,14,28H,2-3,6-8,10H2,1H3,(H2,23,29)(H,24,25,26). The largest absolute Gasteiger partial charge is 0.487 e. The highest BCUT2D eigenvalue weighted by atomic mass is 32.1. The Labute approximate surface area is 182 Å². The number of nitrogens with two attached hydrogens (primary N) is 1. The van der Waals surface area contributed by atoms with Gasteiger partial charge in [0.05, 0.1) is 22.6 Å². The predicted octanol–water partition coefficient (Wildman–Crippen LogP) is 2.82. The van der Waals surface area contributed by atoms with E-state index in [-0.39, 0.29) is 12.7 Å². The van der Waals surface area contributed by atoms with E-state index in [9.17, 15) is 14.3 Å². The first kappa shape index (κ1) is 21.4. The van der Waals surface area contributed by atoms with E-state index in [1.54, 1.807) is 13.0 Å². The average Bonchev–Trinajstić information content (AvgIpc) is 3.08. The Morgan fingerprint density at radius 3 is 3.06 bits per heavy atom. The van der Waals surface area contributed by atoms with Gasteiger partial charge in [0.25, 0.3) is 5.91 Å². The van der Waals surface area contributed by atoms with Gasteiger partial charge in [-0.05, 0) is 44.0 Å². The van der Waals surface area contributed by atoms with Gasteiger partial charge in [0.1, 0.15) is 34.6 Å². The molecule has 10 heteroatoms. The smallest absolute Gasteiger partial charge is 0.259 e. The maximum absolute atomic E-state index is 14.0. The summed E-state index contributed by atoms with van der Waals surface area (Å²) in [5, 5.41) is 13.1. The number of aliphatic hydroxyl groups is 1. The third-order valence-electron chi connectivity index (χ3n) is 5.32. The lowest BCUT2D eigenvalue weighted by atomic mass is 10.1. The fourth-order valence-electron chi connectivity index (χ4n) is 3.86. The van der Waals surface area contributed by atoms with Gasteiger partial charge >= 0.3 is 0 Å². The first-order valence-electron chi connectivity index (χ1n) is 10.1. The van der Waals surface area contributed by atoms with Crippen LogP contribution in [0.1, 0.15) is 28.1 Å². The second-order valence-electron chi connectivity index (χ2n) is 7.49. The number of anilines is 2. The Morgan fingerprint density at radius 1 is 1.45 bits per heavy atom. The van der Waals surface area contributed by atoms with Gasteiger partial charge in [0.2, 0.25) is 0 Å². The van der Waals surface area contributed by atoms with Crippen molar-refractivity contribution in [3.63, 3.8) is 0 Å². The summed E-state index contributed by atoms with van der Waals surface area (Å²) in [7, 11) is 0. The number of β-amino-alcohol motifs (C(OH)–C–C–N with tert-alkyl or cyclic N) is 1. The summed E-state index contributed by atoms with van der Waals surface area (Å²) in [6.45, 7) is 4.06. The van der Waals surface area contributed by atoms with Gasteiger partial charge in [0, 0.05) is 19.2 Å². The fourth-order valence-corrected chi connectivity index (χ4v) is 4.86. The normalized spacial score (nSPS) is 17.1. The summed E-state index contributed by atoms with van der Waals surface area (Å²) in [6, 6.07) is 4.30. The molecule has 1 unspecified atom stereocenters. The molecule has 8 nitrogen and oxygen atoms in total. The third-order valence-corrected chi connectivity index (χ3v) is 6.53. The van der Waals surface area contributed by atoms with Crippen molar-refractivity contribution in [2.45, 2.75) is 25.9 Å². The number of carbonyl (C=O) groups is 1. The molecular weight excluding hydrogens is 421 g/mol. The number of fused-ring (bicyclic) bond motifs is 1. The number of carbonyl (C=O) groups excluding carboxylic acids is 1. The number of ether oxygens (including phenoxy) is 1. The Hall–Kier alpha value is -2.82.